The van der Waals surface area contributed by atoms with Crippen LogP contribution in [0.15, 0.2) is 104 Å². The standard InChI is InChI=1S/C29H27N3O4/c1-28(2)35-26(33)25(31-27(34)36-28)18-24-19-32(20-30-24)29(21-12-6-3-7-13-21,22-14-8-4-9-15-22)23-16-10-5-11-17-23/h3-17,19-20,25H,18H2,1-2H3,(H,31,34)/t25-/m0/s1. The van der Waals surface area contributed by atoms with E-state index >= 15 is 0 Å². The van der Waals surface area contributed by atoms with E-state index in [1.54, 1.807) is 6.33 Å². The van der Waals surface area contributed by atoms with Gasteiger partial charge in [-0.15, -0.1) is 0 Å². The Balaban J connectivity index is 1.61. The number of hydrogen-bond donors (Lipinski definition) is 1. The van der Waals surface area contributed by atoms with Gasteiger partial charge in [-0.2, -0.15) is 0 Å². The largest absolute Gasteiger partial charge is 0.421 e. The van der Waals surface area contributed by atoms with E-state index in [0.717, 1.165) is 16.7 Å². The van der Waals surface area contributed by atoms with Crippen molar-refractivity contribution < 1.29 is 19.1 Å². The average Bonchev–Trinajstić information content (AvgIpc) is 3.30. The monoisotopic (exact) mass is 481 g/mol. The lowest BCUT2D eigenvalue weighted by atomic mass is 9.77. The fourth-order valence-corrected chi connectivity index (χ4v) is 4.77. The Bertz CT molecular complexity index is 1250. The second-order valence-corrected chi connectivity index (χ2v) is 9.19. The Morgan fingerprint density at radius 2 is 1.33 bits per heavy atom. The van der Waals surface area contributed by atoms with Gasteiger partial charge in [-0.05, 0) is 16.7 Å². The summed E-state index contributed by atoms with van der Waals surface area (Å²) in [6.45, 7) is 3.05. The molecule has 0 saturated carbocycles. The molecule has 0 spiro atoms. The predicted molar refractivity (Wildman–Crippen MR) is 134 cm³/mol. The molecule has 1 amide bonds. The number of benzene rings is 3. The number of carbonyl (C=O) groups excluding carboxylic acids is 2. The molecular formula is C29H27N3O4. The van der Waals surface area contributed by atoms with Gasteiger partial charge in [0, 0.05) is 26.5 Å². The quantitative estimate of drug-likeness (QED) is 0.320. The normalized spacial score (nSPS) is 17.4. The molecule has 36 heavy (non-hydrogen) atoms. The van der Waals surface area contributed by atoms with Gasteiger partial charge in [-0.1, -0.05) is 91.0 Å². The Morgan fingerprint density at radius 3 is 1.83 bits per heavy atom. The van der Waals surface area contributed by atoms with Crippen LogP contribution in [-0.2, 0) is 26.2 Å². The molecule has 1 atom stereocenters. The molecule has 5 rings (SSSR count). The summed E-state index contributed by atoms with van der Waals surface area (Å²) in [5.74, 6) is -1.90. The summed E-state index contributed by atoms with van der Waals surface area (Å²) in [5, 5.41) is 2.59. The van der Waals surface area contributed by atoms with Crippen LogP contribution >= 0.6 is 0 Å². The number of ether oxygens (including phenoxy) is 2. The van der Waals surface area contributed by atoms with Gasteiger partial charge in [0.2, 0.25) is 0 Å². The topological polar surface area (TPSA) is 82.5 Å². The molecule has 3 aromatic carbocycles. The summed E-state index contributed by atoms with van der Waals surface area (Å²) in [6, 6.07) is 29.8. The molecule has 1 saturated heterocycles. The van der Waals surface area contributed by atoms with Crippen molar-refractivity contribution in [2.24, 2.45) is 0 Å². The van der Waals surface area contributed by atoms with Gasteiger partial charge in [0.15, 0.2) is 0 Å². The summed E-state index contributed by atoms with van der Waals surface area (Å²) in [7, 11) is 0. The zero-order chi connectivity index (χ0) is 25.2. The summed E-state index contributed by atoms with van der Waals surface area (Å²) < 4.78 is 12.6. The lowest BCUT2D eigenvalue weighted by molar-refractivity contribution is -0.189. The molecule has 1 N–H and O–H groups in total. The average molecular weight is 482 g/mol. The third kappa shape index (κ3) is 4.35. The first-order chi connectivity index (χ1) is 17.4. The third-order valence-corrected chi connectivity index (χ3v) is 6.27. The van der Waals surface area contributed by atoms with Gasteiger partial charge in [0.25, 0.3) is 5.79 Å². The van der Waals surface area contributed by atoms with Crippen molar-refractivity contribution in [2.45, 2.75) is 37.6 Å². The number of imidazole rings is 1. The molecule has 1 aliphatic heterocycles. The van der Waals surface area contributed by atoms with Gasteiger partial charge in [0.05, 0.1) is 12.0 Å². The van der Waals surface area contributed by atoms with E-state index in [2.05, 4.69) is 51.3 Å². The Morgan fingerprint density at radius 1 is 0.833 bits per heavy atom. The molecule has 1 fully saturated rings. The second kappa shape index (κ2) is 9.34. The van der Waals surface area contributed by atoms with Gasteiger partial charge >= 0.3 is 12.1 Å². The van der Waals surface area contributed by atoms with Crippen LogP contribution in [0.25, 0.3) is 0 Å². The number of aromatic nitrogens is 2. The van der Waals surface area contributed by atoms with E-state index in [9.17, 15) is 9.59 Å². The first-order valence-electron chi connectivity index (χ1n) is 11.8. The molecule has 2 heterocycles. The molecule has 0 aliphatic carbocycles. The molecule has 4 aromatic rings. The summed E-state index contributed by atoms with van der Waals surface area (Å²) in [6.07, 6.45) is 3.14. The molecule has 7 heteroatoms. The van der Waals surface area contributed by atoms with Gasteiger partial charge in [-0.3, -0.25) is 0 Å². The van der Waals surface area contributed by atoms with Crippen LogP contribution in [0.2, 0.25) is 0 Å². The van der Waals surface area contributed by atoms with Crippen LogP contribution < -0.4 is 5.32 Å². The second-order valence-electron chi connectivity index (χ2n) is 9.19. The highest BCUT2D eigenvalue weighted by molar-refractivity contribution is 5.83. The van der Waals surface area contributed by atoms with E-state index in [4.69, 9.17) is 9.47 Å². The molecular weight excluding hydrogens is 454 g/mol. The van der Waals surface area contributed by atoms with Crippen LogP contribution in [0.4, 0.5) is 4.79 Å². The van der Waals surface area contributed by atoms with E-state index in [1.807, 2.05) is 60.8 Å². The van der Waals surface area contributed by atoms with Crippen molar-refractivity contribution in [3.05, 3.63) is 126 Å². The lowest BCUT2D eigenvalue weighted by Crippen LogP contribution is -2.40. The highest BCUT2D eigenvalue weighted by Gasteiger charge is 2.40. The Labute approximate surface area is 209 Å². The van der Waals surface area contributed by atoms with Crippen molar-refractivity contribution >= 4 is 12.1 Å². The minimum absolute atomic E-state index is 0.158. The molecule has 1 aliphatic rings. The molecule has 0 radical (unpaired) electrons. The summed E-state index contributed by atoms with van der Waals surface area (Å²) >= 11 is 0. The zero-order valence-corrected chi connectivity index (χ0v) is 20.1. The first-order valence-corrected chi connectivity index (χ1v) is 11.8. The van der Waals surface area contributed by atoms with Gasteiger partial charge in [-0.25, -0.2) is 14.6 Å². The molecule has 1 aromatic heterocycles. The minimum atomic E-state index is -1.33. The molecule has 7 nitrogen and oxygen atoms in total. The predicted octanol–water partition coefficient (Wildman–Crippen LogP) is 4.65. The first kappa shape index (κ1) is 23.4. The zero-order valence-electron chi connectivity index (χ0n) is 20.1. The van der Waals surface area contributed by atoms with Gasteiger partial charge < -0.3 is 19.4 Å². The molecule has 182 valence electrons. The molecule has 0 bridgehead atoms. The van der Waals surface area contributed by atoms with Crippen molar-refractivity contribution in [1.29, 1.82) is 0 Å². The summed E-state index contributed by atoms with van der Waals surface area (Å²) in [5.41, 5.74) is 3.09. The number of rotatable bonds is 6. The van der Waals surface area contributed by atoms with Gasteiger partial charge in [0.1, 0.15) is 11.6 Å². The number of carbonyl (C=O) groups is 2. The Kier molecular flexibility index (Phi) is 6.06. The Hall–Kier alpha value is -4.39. The highest BCUT2D eigenvalue weighted by atomic mass is 16.7. The fraction of sp³-hybridized carbons (Fsp3) is 0.207. The lowest BCUT2D eigenvalue weighted by Gasteiger charge is -2.37. The van der Waals surface area contributed by atoms with Crippen LogP contribution in [0, 0.1) is 0 Å². The van der Waals surface area contributed by atoms with E-state index in [-0.39, 0.29) is 6.42 Å². The number of nitrogens with zero attached hydrogens (tertiary/aromatic N) is 2. The molecule has 0 unspecified atom stereocenters. The van der Waals surface area contributed by atoms with Crippen LogP contribution in [0.3, 0.4) is 0 Å². The number of hydrogen-bond acceptors (Lipinski definition) is 5. The maximum absolute atomic E-state index is 12.7. The number of alkyl carbamates (subject to hydrolysis) is 1. The fourth-order valence-electron chi connectivity index (χ4n) is 4.77. The highest BCUT2D eigenvalue weighted by Crippen LogP contribution is 2.40. The SMILES string of the molecule is CC1(C)OC(=O)N[C@@H](Cc2cn(C(c3ccccc3)(c3ccccc3)c3ccccc3)cn2)C(=O)O1. The number of nitrogens with one attached hydrogen (secondary N) is 1. The minimum Gasteiger partial charge on any atom is -0.421 e. The number of esters is 1. The third-order valence-electron chi connectivity index (χ3n) is 6.27. The van der Waals surface area contributed by atoms with Crippen molar-refractivity contribution in [2.75, 3.05) is 0 Å². The van der Waals surface area contributed by atoms with Crippen molar-refractivity contribution in [3.8, 4) is 0 Å². The van der Waals surface area contributed by atoms with Crippen molar-refractivity contribution in [3.63, 3.8) is 0 Å². The number of cyclic esters (lactones) is 2. The van der Waals surface area contributed by atoms with Crippen LogP contribution in [0.1, 0.15) is 36.2 Å². The van der Waals surface area contributed by atoms with E-state index in [0.29, 0.717) is 5.69 Å². The smallest absolute Gasteiger partial charge is 0.411 e. The summed E-state index contributed by atoms with van der Waals surface area (Å²) in [4.78, 5) is 29.5. The van der Waals surface area contributed by atoms with Crippen LogP contribution in [-0.4, -0.2) is 33.4 Å². The maximum atomic E-state index is 12.7. The van der Waals surface area contributed by atoms with E-state index < -0.39 is 29.4 Å². The van der Waals surface area contributed by atoms with E-state index in [1.165, 1.54) is 13.8 Å². The maximum Gasteiger partial charge on any atom is 0.411 e. The number of amides is 1. The van der Waals surface area contributed by atoms with Crippen molar-refractivity contribution in [1.82, 2.24) is 14.9 Å². The van der Waals surface area contributed by atoms with Crippen LogP contribution in [0.5, 0.6) is 0 Å².